The molecule has 230 valence electrons. The maximum absolute atomic E-state index is 13.2. The molecule has 0 bridgehead atoms. The number of nitrogens with one attached hydrogen (secondary N) is 3. The third kappa shape index (κ3) is 9.44. The fourth-order valence-electron chi connectivity index (χ4n) is 5.25. The van der Waals surface area contributed by atoms with E-state index in [2.05, 4.69) is 15.4 Å². The van der Waals surface area contributed by atoms with Gasteiger partial charge in [-0.15, -0.1) is 0 Å². The van der Waals surface area contributed by atoms with Crippen LogP contribution in [-0.2, 0) is 30.8 Å². The van der Waals surface area contributed by atoms with Gasteiger partial charge in [-0.05, 0) is 99.0 Å². The molecule has 1 saturated carbocycles. The number of amides is 1. The van der Waals surface area contributed by atoms with Crippen LogP contribution in [0, 0.1) is 11.7 Å². The molecule has 3 aromatic rings. The fraction of sp³-hybridized carbons (Fsp3) is 0.394. The summed E-state index contributed by atoms with van der Waals surface area (Å²) >= 11 is 0. The number of rotatable bonds is 13. The lowest BCUT2D eigenvalue weighted by molar-refractivity contribution is -0.142. The number of halogens is 1. The summed E-state index contributed by atoms with van der Waals surface area (Å²) in [6, 6.07) is 20.5. The van der Waals surface area contributed by atoms with E-state index in [1.807, 2.05) is 31.2 Å². The average Bonchev–Trinajstić information content (AvgIpc) is 3.00. The highest BCUT2D eigenvalue weighted by atomic mass is 32.2. The summed E-state index contributed by atoms with van der Waals surface area (Å²) in [4.78, 5) is 24.4. The minimum Gasteiger partial charge on any atom is -0.465 e. The molecule has 0 aliphatic heterocycles. The van der Waals surface area contributed by atoms with Crippen molar-refractivity contribution in [3.8, 4) is 11.1 Å². The molecular formula is C33H40FN3O5S. The number of hydrogen-bond donors (Lipinski definition) is 3. The van der Waals surface area contributed by atoms with E-state index in [-0.39, 0.29) is 47.1 Å². The predicted octanol–water partition coefficient (Wildman–Crippen LogP) is 4.90. The van der Waals surface area contributed by atoms with Gasteiger partial charge in [-0.1, -0.05) is 48.5 Å². The first-order valence-electron chi connectivity index (χ1n) is 14.8. The Labute approximate surface area is 253 Å². The molecule has 0 heterocycles. The zero-order chi connectivity index (χ0) is 30.8. The Kier molecular flexibility index (Phi) is 11.4. The smallest absolute Gasteiger partial charge is 0.319 e. The number of benzene rings is 3. The highest BCUT2D eigenvalue weighted by Gasteiger charge is 2.29. The van der Waals surface area contributed by atoms with Crippen molar-refractivity contribution >= 4 is 21.9 Å². The van der Waals surface area contributed by atoms with E-state index in [0.29, 0.717) is 38.8 Å². The largest absolute Gasteiger partial charge is 0.465 e. The quantitative estimate of drug-likeness (QED) is 0.188. The number of carbonyl (C=O) groups is 2. The first kappa shape index (κ1) is 32.3. The fourth-order valence-corrected chi connectivity index (χ4v) is 6.56. The van der Waals surface area contributed by atoms with Gasteiger partial charge in [0.1, 0.15) is 5.82 Å². The minimum atomic E-state index is -3.71. The average molecular weight is 610 g/mol. The second kappa shape index (κ2) is 15.2. The number of hydrogen-bond acceptors (Lipinski definition) is 6. The van der Waals surface area contributed by atoms with E-state index in [1.54, 1.807) is 43.3 Å². The molecule has 1 atom stereocenters. The summed E-state index contributed by atoms with van der Waals surface area (Å²) in [5.41, 5.74) is 3.84. The Morgan fingerprint density at radius 1 is 0.907 bits per heavy atom. The van der Waals surface area contributed by atoms with Crippen LogP contribution in [0.4, 0.5) is 4.39 Å². The highest BCUT2D eigenvalue weighted by Crippen LogP contribution is 2.28. The predicted molar refractivity (Wildman–Crippen MR) is 164 cm³/mol. The van der Waals surface area contributed by atoms with Gasteiger partial charge in [0.2, 0.25) is 15.9 Å². The van der Waals surface area contributed by atoms with E-state index >= 15 is 0 Å². The van der Waals surface area contributed by atoms with Gasteiger partial charge in [-0.3, -0.25) is 9.59 Å². The normalized spacial score (nSPS) is 17.7. The maximum atomic E-state index is 13.2. The van der Waals surface area contributed by atoms with E-state index in [4.69, 9.17) is 4.74 Å². The van der Waals surface area contributed by atoms with E-state index in [9.17, 15) is 22.4 Å². The summed E-state index contributed by atoms with van der Waals surface area (Å²) in [6.07, 6.45) is 3.09. The molecular weight excluding hydrogens is 569 g/mol. The molecule has 0 unspecified atom stereocenters. The first-order valence-corrected chi connectivity index (χ1v) is 16.3. The van der Waals surface area contributed by atoms with E-state index in [1.165, 1.54) is 12.1 Å². The van der Waals surface area contributed by atoms with E-state index < -0.39 is 10.0 Å². The number of esters is 1. The van der Waals surface area contributed by atoms with Gasteiger partial charge in [0.25, 0.3) is 0 Å². The number of sulfonamides is 1. The number of ether oxygens (including phenoxy) is 1. The maximum Gasteiger partial charge on any atom is 0.319 e. The third-order valence-electron chi connectivity index (χ3n) is 7.77. The topological polar surface area (TPSA) is 114 Å². The van der Waals surface area contributed by atoms with Gasteiger partial charge in [0, 0.05) is 12.0 Å². The van der Waals surface area contributed by atoms with Crippen molar-refractivity contribution < 1.29 is 27.1 Å². The Bertz CT molecular complexity index is 1450. The Balaban J connectivity index is 1.23. The highest BCUT2D eigenvalue weighted by molar-refractivity contribution is 7.89. The lowest BCUT2D eigenvalue weighted by atomic mass is 9.85. The molecule has 1 fully saturated rings. The standard InChI is InChI=1S/C33H40FN3O5S/c1-3-42-32(38)22-35-21-20-24-4-6-26(7-5-24)27-12-18-31(19-13-27)43(40,41)37-30-16-10-28(11-17-30)33(39)36-23(2)25-8-14-29(34)15-9-25/h4-9,12-15,18-19,23,28,30,35,37H,3,10-11,16-17,20-22H2,1-2H3,(H,36,39)/t23-,28?,30?/m1/s1. The van der Waals surface area contributed by atoms with Gasteiger partial charge in [-0.25, -0.2) is 17.5 Å². The van der Waals surface area contributed by atoms with Crippen LogP contribution >= 0.6 is 0 Å². The van der Waals surface area contributed by atoms with Crippen molar-refractivity contribution in [2.24, 2.45) is 5.92 Å². The van der Waals surface area contributed by atoms with Gasteiger partial charge < -0.3 is 15.4 Å². The van der Waals surface area contributed by atoms with Gasteiger partial charge in [0.15, 0.2) is 0 Å². The molecule has 1 aliphatic rings. The Morgan fingerprint density at radius 3 is 2.12 bits per heavy atom. The molecule has 43 heavy (non-hydrogen) atoms. The van der Waals surface area contributed by atoms with Crippen molar-refractivity contribution in [2.75, 3.05) is 19.7 Å². The SMILES string of the molecule is CCOC(=O)CNCCc1ccc(-c2ccc(S(=O)(=O)NC3CCC(C(=O)N[C@H](C)c4ccc(F)cc4)CC3)cc2)cc1. The van der Waals surface area contributed by atoms with Gasteiger partial charge in [-0.2, -0.15) is 0 Å². The monoisotopic (exact) mass is 609 g/mol. The third-order valence-corrected chi connectivity index (χ3v) is 9.30. The second-order valence-electron chi connectivity index (χ2n) is 10.9. The van der Waals surface area contributed by atoms with Crippen molar-refractivity contribution in [3.05, 3.63) is 89.7 Å². The molecule has 10 heteroatoms. The summed E-state index contributed by atoms with van der Waals surface area (Å²) in [5.74, 6) is -0.830. The minimum absolute atomic E-state index is 0.0626. The van der Waals surface area contributed by atoms with Crippen LogP contribution in [0.5, 0.6) is 0 Å². The number of carbonyl (C=O) groups excluding carboxylic acids is 2. The van der Waals surface area contributed by atoms with Gasteiger partial charge in [0.05, 0.1) is 24.1 Å². The summed E-state index contributed by atoms with van der Waals surface area (Å²) < 4.78 is 47.1. The van der Waals surface area contributed by atoms with Crippen LogP contribution in [0.2, 0.25) is 0 Å². The van der Waals surface area contributed by atoms with Crippen molar-refractivity contribution in [1.82, 2.24) is 15.4 Å². The first-order chi connectivity index (χ1) is 20.6. The van der Waals surface area contributed by atoms with Crippen LogP contribution in [-0.4, -0.2) is 46.0 Å². The summed E-state index contributed by atoms with van der Waals surface area (Å²) in [7, 11) is -3.71. The van der Waals surface area contributed by atoms with Crippen LogP contribution in [0.1, 0.15) is 56.7 Å². The van der Waals surface area contributed by atoms with Crippen LogP contribution in [0.25, 0.3) is 11.1 Å². The van der Waals surface area contributed by atoms with Crippen molar-refractivity contribution in [1.29, 1.82) is 0 Å². The lowest BCUT2D eigenvalue weighted by Crippen LogP contribution is -2.41. The molecule has 8 nitrogen and oxygen atoms in total. The zero-order valence-corrected chi connectivity index (χ0v) is 25.5. The molecule has 1 aliphatic carbocycles. The van der Waals surface area contributed by atoms with Crippen molar-refractivity contribution in [3.63, 3.8) is 0 Å². The molecule has 3 aromatic carbocycles. The lowest BCUT2D eigenvalue weighted by Gasteiger charge is -2.29. The second-order valence-corrected chi connectivity index (χ2v) is 12.6. The Hall–Kier alpha value is -3.60. The molecule has 0 radical (unpaired) electrons. The molecule has 0 spiro atoms. The van der Waals surface area contributed by atoms with Crippen molar-refractivity contribution in [2.45, 2.75) is 62.9 Å². The summed E-state index contributed by atoms with van der Waals surface area (Å²) in [6.45, 7) is 4.86. The van der Waals surface area contributed by atoms with E-state index in [0.717, 1.165) is 28.7 Å². The van der Waals surface area contributed by atoms with Gasteiger partial charge >= 0.3 is 5.97 Å². The molecule has 0 aromatic heterocycles. The molecule has 0 saturated heterocycles. The molecule has 4 rings (SSSR count). The molecule has 1 amide bonds. The van der Waals surface area contributed by atoms with Crippen LogP contribution < -0.4 is 15.4 Å². The van der Waals surface area contributed by atoms with Crippen LogP contribution in [0.3, 0.4) is 0 Å². The van der Waals surface area contributed by atoms with Crippen LogP contribution in [0.15, 0.2) is 77.7 Å². The summed E-state index contributed by atoms with van der Waals surface area (Å²) in [5, 5.41) is 6.07. The Morgan fingerprint density at radius 2 is 1.51 bits per heavy atom. The zero-order valence-electron chi connectivity index (χ0n) is 24.6. The molecule has 3 N–H and O–H groups in total.